The fourth-order valence-corrected chi connectivity index (χ4v) is 2.13. The van der Waals surface area contributed by atoms with Gasteiger partial charge in [-0.1, -0.05) is 17.7 Å². The first-order valence-corrected chi connectivity index (χ1v) is 6.43. The molecule has 1 amide bonds. The maximum Gasteiger partial charge on any atom is 0.248 e. The Hall–Kier alpha value is -2.07. The number of benzene rings is 2. The molecule has 0 saturated heterocycles. The minimum absolute atomic E-state index is 0.289. The average Bonchev–Trinajstić information content (AvgIpc) is 2.36. The molecule has 0 saturated carbocycles. The monoisotopic (exact) mass is 292 g/mol. The fraction of sp³-hybridized carbons (Fsp3) is 0.133. The van der Waals surface area contributed by atoms with Crippen LogP contribution in [0.4, 0.5) is 10.1 Å². The zero-order chi connectivity index (χ0) is 14.7. The van der Waals surface area contributed by atoms with E-state index in [1.807, 2.05) is 13.0 Å². The SMILES string of the molecule is Cc1cc(F)cc(NCc2ccc(C(N)=O)cc2Cl)c1. The fourth-order valence-electron chi connectivity index (χ4n) is 1.88. The van der Waals surface area contributed by atoms with Crippen molar-refractivity contribution in [1.82, 2.24) is 0 Å². The normalized spacial score (nSPS) is 10.3. The maximum absolute atomic E-state index is 13.3. The van der Waals surface area contributed by atoms with Crippen LogP contribution in [0.25, 0.3) is 0 Å². The summed E-state index contributed by atoms with van der Waals surface area (Å²) in [5.74, 6) is -0.810. The van der Waals surface area contributed by atoms with E-state index in [2.05, 4.69) is 5.32 Å². The summed E-state index contributed by atoms with van der Waals surface area (Å²) in [7, 11) is 0. The van der Waals surface area contributed by atoms with E-state index in [9.17, 15) is 9.18 Å². The number of carbonyl (C=O) groups is 1. The van der Waals surface area contributed by atoms with Crippen LogP contribution in [0, 0.1) is 12.7 Å². The third-order valence-electron chi connectivity index (χ3n) is 2.86. The van der Waals surface area contributed by atoms with Crippen LogP contribution in [0.5, 0.6) is 0 Å². The van der Waals surface area contributed by atoms with Gasteiger partial charge in [0.25, 0.3) is 0 Å². The summed E-state index contributed by atoms with van der Waals surface area (Å²) < 4.78 is 13.3. The Kier molecular flexibility index (Phi) is 4.25. The molecule has 0 aliphatic heterocycles. The first kappa shape index (κ1) is 14.3. The van der Waals surface area contributed by atoms with Crippen molar-refractivity contribution in [2.45, 2.75) is 13.5 Å². The molecule has 0 aromatic heterocycles. The first-order valence-electron chi connectivity index (χ1n) is 6.05. The lowest BCUT2D eigenvalue weighted by Crippen LogP contribution is -2.11. The van der Waals surface area contributed by atoms with Crippen LogP contribution in [0.1, 0.15) is 21.5 Å². The van der Waals surface area contributed by atoms with Gasteiger partial charge in [0.1, 0.15) is 5.82 Å². The van der Waals surface area contributed by atoms with Gasteiger partial charge in [0.05, 0.1) is 0 Å². The smallest absolute Gasteiger partial charge is 0.248 e. The highest BCUT2D eigenvalue weighted by molar-refractivity contribution is 6.31. The third kappa shape index (κ3) is 3.48. The molecule has 5 heteroatoms. The van der Waals surface area contributed by atoms with E-state index in [1.54, 1.807) is 12.1 Å². The summed E-state index contributed by atoms with van der Waals surface area (Å²) in [4.78, 5) is 11.0. The van der Waals surface area contributed by atoms with E-state index in [-0.39, 0.29) is 5.82 Å². The van der Waals surface area contributed by atoms with Crippen molar-refractivity contribution in [2.75, 3.05) is 5.32 Å². The first-order chi connectivity index (χ1) is 9.45. The Morgan fingerprint density at radius 3 is 2.65 bits per heavy atom. The van der Waals surface area contributed by atoms with E-state index in [1.165, 1.54) is 18.2 Å². The zero-order valence-electron chi connectivity index (χ0n) is 10.9. The Bertz CT molecular complexity index is 638. The number of hydrogen-bond acceptors (Lipinski definition) is 2. The van der Waals surface area contributed by atoms with Gasteiger partial charge in [-0.15, -0.1) is 0 Å². The number of primary amides is 1. The van der Waals surface area contributed by atoms with Crippen molar-refractivity contribution in [3.8, 4) is 0 Å². The zero-order valence-corrected chi connectivity index (χ0v) is 11.7. The molecule has 0 spiro atoms. The lowest BCUT2D eigenvalue weighted by Gasteiger charge is -2.10. The number of anilines is 1. The van der Waals surface area contributed by atoms with Crippen molar-refractivity contribution in [3.63, 3.8) is 0 Å². The molecule has 0 atom stereocenters. The molecular weight excluding hydrogens is 279 g/mol. The Morgan fingerprint density at radius 1 is 1.30 bits per heavy atom. The number of hydrogen-bond donors (Lipinski definition) is 2. The van der Waals surface area contributed by atoms with Gasteiger partial charge < -0.3 is 11.1 Å². The van der Waals surface area contributed by atoms with Crippen molar-refractivity contribution in [2.24, 2.45) is 5.73 Å². The minimum atomic E-state index is -0.521. The molecule has 0 aliphatic rings. The van der Waals surface area contributed by atoms with Gasteiger partial charge >= 0.3 is 0 Å². The Balaban J connectivity index is 2.12. The van der Waals surface area contributed by atoms with Crippen LogP contribution in [-0.4, -0.2) is 5.91 Å². The summed E-state index contributed by atoms with van der Waals surface area (Å²) in [6.07, 6.45) is 0. The molecule has 0 aliphatic carbocycles. The van der Waals surface area contributed by atoms with Crippen molar-refractivity contribution < 1.29 is 9.18 Å². The van der Waals surface area contributed by atoms with E-state index in [0.29, 0.717) is 22.8 Å². The molecule has 2 rings (SSSR count). The second-order valence-electron chi connectivity index (χ2n) is 4.54. The van der Waals surface area contributed by atoms with Gasteiger partial charge in [-0.05, 0) is 48.4 Å². The van der Waals surface area contributed by atoms with Crippen LogP contribution >= 0.6 is 11.6 Å². The summed E-state index contributed by atoms with van der Waals surface area (Å²) >= 11 is 6.08. The predicted octanol–water partition coefficient (Wildman–Crippen LogP) is 3.50. The lowest BCUT2D eigenvalue weighted by molar-refractivity contribution is 0.100. The van der Waals surface area contributed by atoms with E-state index >= 15 is 0 Å². The highest BCUT2D eigenvalue weighted by atomic mass is 35.5. The number of amides is 1. The average molecular weight is 293 g/mol. The number of nitrogens with two attached hydrogens (primary N) is 1. The molecule has 3 N–H and O–H groups in total. The second kappa shape index (κ2) is 5.92. The summed E-state index contributed by atoms with van der Waals surface area (Å²) in [5.41, 5.74) is 7.86. The maximum atomic E-state index is 13.3. The molecule has 0 heterocycles. The third-order valence-corrected chi connectivity index (χ3v) is 3.21. The van der Waals surface area contributed by atoms with Gasteiger partial charge in [-0.2, -0.15) is 0 Å². The molecule has 0 unspecified atom stereocenters. The highest BCUT2D eigenvalue weighted by Crippen LogP contribution is 2.20. The molecule has 3 nitrogen and oxygen atoms in total. The van der Waals surface area contributed by atoms with E-state index in [4.69, 9.17) is 17.3 Å². The topological polar surface area (TPSA) is 55.1 Å². The van der Waals surface area contributed by atoms with Crippen LogP contribution in [0.15, 0.2) is 36.4 Å². The molecule has 2 aromatic rings. The number of halogens is 2. The standard InChI is InChI=1S/C15H14ClFN2O/c1-9-4-12(17)7-13(5-9)19-8-11-3-2-10(15(18)20)6-14(11)16/h2-7,19H,8H2,1H3,(H2,18,20). The number of carbonyl (C=O) groups excluding carboxylic acids is 1. The molecule has 0 fully saturated rings. The molecule has 104 valence electrons. The van der Waals surface area contributed by atoms with Gasteiger partial charge in [-0.25, -0.2) is 4.39 Å². The molecule has 0 bridgehead atoms. The second-order valence-corrected chi connectivity index (χ2v) is 4.95. The number of rotatable bonds is 4. The van der Waals surface area contributed by atoms with Crippen LogP contribution < -0.4 is 11.1 Å². The predicted molar refractivity (Wildman–Crippen MR) is 78.4 cm³/mol. The van der Waals surface area contributed by atoms with E-state index in [0.717, 1.165) is 11.1 Å². The summed E-state index contributed by atoms with van der Waals surface area (Å²) in [6, 6.07) is 9.58. The molecule has 20 heavy (non-hydrogen) atoms. The van der Waals surface area contributed by atoms with Gasteiger partial charge in [0.2, 0.25) is 5.91 Å². The molecular formula is C15H14ClFN2O. The van der Waals surface area contributed by atoms with Crippen molar-refractivity contribution in [3.05, 3.63) is 63.9 Å². The lowest BCUT2D eigenvalue weighted by atomic mass is 10.1. The Morgan fingerprint density at radius 2 is 2.05 bits per heavy atom. The molecule has 2 aromatic carbocycles. The summed E-state index contributed by atoms with van der Waals surface area (Å²) in [6.45, 7) is 2.25. The van der Waals surface area contributed by atoms with Gasteiger partial charge in [-0.3, -0.25) is 4.79 Å². The van der Waals surface area contributed by atoms with Crippen molar-refractivity contribution >= 4 is 23.2 Å². The largest absolute Gasteiger partial charge is 0.381 e. The minimum Gasteiger partial charge on any atom is -0.381 e. The van der Waals surface area contributed by atoms with Crippen LogP contribution in [-0.2, 0) is 6.54 Å². The number of aryl methyl sites for hydroxylation is 1. The van der Waals surface area contributed by atoms with Crippen LogP contribution in [0.2, 0.25) is 5.02 Å². The highest BCUT2D eigenvalue weighted by Gasteiger charge is 2.06. The van der Waals surface area contributed by atoms with Crippen LogP contribution in [0.3, 0.4) is 0 Å². The van der Waals surface area contributed by atoms with Gasteiger partial charge in [0, 0.05) is 22.8 Å². The van der Waals surface area contributed by atoms with E-state index < -0.39 is 5.91 Å². The quantitative estimate of drug-likeness (QED) is 0.906. The number of nitrogens with one attached hydrogen (secondary N) is 1. The Labute approximate surface area is 121 Å². The van der Waals surface area contributed by atoms with Gasteiger partial charge in [0.15, 0.2) is 0 Å². The van der Waals surface area contributed by atoms with Crippen molar-refractivity contribution in [1.29, 1.82) is 0 Å². The summed E-state index contributed by atoms with van der Waals surface area (Å²) in [5, 5.41) is 3.54. The molecule has 0 radical (unpaired) electrons.